The maximum atomic E-state index is 13.7. The molecule has 0 radical (unpaired) electrons. The number of halogens is 1. The molecule has 0 saturated heterocycles. The first kappa shape index (κ1) is 18.6. The summed E-state index contributed by atoms with van der Waals surface area (Å²) in [5, 5.41) is 8.96. The van der Waals surface area contributed by atoms with Gasteiger partial charge in [0, 0.05) is 18.9 Å². The van der Waals surface area contributed by atoms with Crippen molar-refractivity contribution in [2.45, 2.75) is 39.2 Å². The van der Waals surface area contributed by atoms with E-state index in [1.165, 1.54) is 17.2 Å². The van der Waals surface area contributed by atoms with E-state index >= 15 is 0 Å². The lowest BCUT2D eigenvalue weighted by atomic mass is 10.2. The molecule has 1 atom stereocenters. The number of oxazole rings is 1. The molecule has 0 aliphatic heterocycles. The molecule has 0 fully saturated rings. The molecule has 1 amide bonds. The van der Waals surface area contributed by atoms with Gasteiger partial charge in [-0.15, -0.1) is 0 Å². The third kappa shape index (κ3) is 4.89. The van der Waals surface area contributed by atoms with Crippen LogP contribution in [0, 0.1) is 5.82 Å². The highest BCUT2D eigenvalue weighted by Gasteiger charge is 2.22. The highest BCUT2D eigenvalue weighted by molar-refractivity contribution is 5.81. The van der Waals surface area contributed by atoms with Crippen LogP contribution >= 0.6 is 0 Å². The second-order valence-electron chi connectivity index (χ2n) is 5.77. The Morgan fingerprint density at radius 2 is 2.08 bits per heavy atom. The van der Waals surface area contributed by atoms with E-state index in [0.717, 1.165) is 0 Å². The van der Waals surface area contributed by atoms with Gasteiger partial charge in [-0.1, -0.05) is 19.1 Å². The van der Waals surface area contributed by atoms with Crippen molar-refractivity contribution in [2.75, 3.05) is 6.54 Å². The molecule has 0 saturated carbocycles. The van der Waals surface area contributed by atoms with Crippen molar-refractivity contribution in [1.82, 2.24) is 9.88 Å². The van der Waals surface area contributed by atoms with Gasteiger partial charge >= 0.3 is 5.97 Å². The van der Waals surface area contributed by atoms with Gasteiger partial charge in [0.2, 0.25) is 5.91 Å². The molecule has 1 aromatic carbocycles. The van der Waals surface area contributed by atoms with Crippen LogP contribution in [0.4, 0.5) is 4.39 Å². The van der Waals surface area contributed by atoms with E-state index in [1.807, 2.05) is 13.8 Å². The summed E-state index contributed by atoms with van der Waals surface area (Å²) in [6.45, 7) is 3.36. The molecule has 2 aromatic rings. The van der Waals surface area contributed by atoms with Gasteiger partial charge in [0.15, 0.2) is 11.7 Å². The highest BCUT2D eigenvalue weighted by Crippen LogP contribution is 2.23. The lowest BCUT2D eigenvalue weighted by Crippen LogP contribution is -2.41. The molecule has 0 aliphatic rings. The topological polar surface area (TPSA) is 83.6 Å². The number of hydrogen-bond donors (Lipinski definition) is 1. The molecule has 1 heterocycles. The number of carbonyl (C=O) groups is 2. The van der Waals surface area contributed by atoms with Gasteiger partial charge in [0.1, 0.15) is 12.4 Å². The summed E-state index contributed by atoms with van der Waals surface area (Å²) < 4.78 is 19.3. The Kier molecular flexibility index (Phi) is 6.27. The first-order chi connectivity index (χ1) is 11.9. The monoisotopic (exact) mass is 348 g/mol. The largest absolute Gasteiger partial charge is 0.480 e. The van der Waals surface area contributed by atoms with Gasteiger partial charge in [0.05, 0.1) is 11.8 Å². The zero-order valence-corrected chi connectivity index (χ0v) is 14.2. The summed E-state index contributed by atoms with van der Waals surface area (Å²) in [5.41, 5.74) is 0.305. The lowest BCUT2D eigenvalue weighted by Gasteiger charge is -2.26. The van der Waals surface area contributed by atoms with Crippen molar-refractivity contribution < 1.29 is 23.5 Å². The Labute approximate surface area is 145 Å². The number of aromatic nitrogens is 1. The standard InChI is InChI=1S/C18H21FN2O4/c1-3-12(2)21(11-18(23)24)17(22)9-8-16-20-10-15(25-16)13-6-4-5-7-14(13)19/h4-7,10,12H,3,8-9,11H2,1-2H3,(H,23,24). The van der Waals surface area contributed by atoms with Gasteiger partial charge in [0.25, 0.3) is 0 Å². The normalized spacial score (nSPS) is 12.0. The van der Waals surface area contributed by atoms with E-state index in [1.54, 1.807) is 18.2 Å². The Hall–Kier alpha value is -2.70. The van der Waals surface area contributed by atoms with Crippen molar-refractivity contribution in [2.24, 2.45) is 0 Å². The second kappa shape index (κ2) is 8.41. The smallest absolute Gasteiger partial charge is 0.323 e. The maximum Gasteiger partial charge on any atom is 0.323 e. The van der Waals surface area contributed by atoms with E-state index in [4.69, 9.17) is 9.52 Å². The summed E-state index contributed by atoms with van der Waals surface area (Å²) in [4.78, 5) is 28.7. The fourth-order valence-corrected chi connectivity index (χ4v) is 2.42. The quantitative estimate of drug-likeness (QED) is 0.792. The number of amides is 1. The van der Waals surface area contributed by atoms with Crippen LogP contribution in [0.5, 0.6) is 0 Å². The number of benzene rings is 1. The van der Waals surface area contributed by atoms with Gasteiger partial charge < -0.3 is 14.4 Å². The molecule has 0 aliphatic carbocycles. The molecule has 1 aromatic heterocycles. The van der Waals surface area contributed by atoms with Crippen LogP contribution in [-0.2, 0) is 16.0 Å². The first-order valence-corrected chi connectivity index (χ1v) is 8.13. The van der Waals surface area contributed by atoms with Gasteiger partial charge in [-0.2, -0.15) is 0 Å². The third-order valence-corrected chi connectivity index (χ3v) is 3.99. The third-order valence-electron chi connectivity index (χ3n) is 3.99. The predicted molar refractivity (Wildman–Crippen MR) is 89.3 cm³/mol. The fourth-order valence-electron chi connectivity index (χ4n) is 2.42. The molecule has 1 unspecified atom stereocenters. The molecule has 0 bridgehead atoms. The Balaban J connectivity index is 2.02. The number of aryl methyl sites for hydroxylation is 1. The number of carboxylic acids is 1. The average molecular weight is 348 g/mol. The molecule has 7 heteroatoms. The molecule has 0 spiro atoms. The minimum atomic E-state index is -1.05. The zero-order valence-electron chi connectivity index (χ0n) is 14.2. The van der Waals surface area contributed by atoms with Gasteiger partial charge in [-0.25, -0.2) is 9.37 Å². The Morgan fingerprint density at radius 1 is 1.36 bits per heavy atom. The van der Waals surface area contributed by atoms with Crippen LogP contribution in [0.1, 0.15) is 32.6 Å². The summed E-state index contributed by atoms with van der Waals surface area (Å²) in [6.07, 6.45) is 2.38. The minimum Gasteiger partial charge on any atom is -0.480 e. The maximum absolute atomic E-state index is 13.7. The summed E-state index contributed by atoms with van der Waals surface area (Å²) in [5.74, 6) is -1.13. The van der Waals surface area contributed by atoms with Crippen LogP contribution in [0.15, 0.2) is 34.9 Å². The molecule has 1 N–H and O–H groups in total. The van der Waals surface area contributed by atoms with Crippen molar-refractivity contribution in [3.63, 3.8) is 0 Å². The van der Waals surface area contributed by atoms with Gasteiger partial charge in [-0.05, 0) is 25.5 Å². The van der Waals surface area contributed by atoms with Crippen molar-refractivity contribution >= 4 is 11.9 Å². The van der Waals surface area contributed by atoms with E-state index in [0.29, 0.717) is 23.6 Å². The molecule has 6 nitrogen and oxygen atoms in total. The average Bonchev–Trinajstić information content (AvgIpc) is 3.06. The second-order valence-corrected chi connectivity index (χ2v) is 5.77. The predicted octanol–water partition coefficient (Wildman–Crippen LogP) is 3.13. The number of aliphatic carboxylic acids is 1. The summed E-state index contributed by atoms with van der Waals surface area (Å²) in [6, 6.07) is 6.03. The van der Waals surface area contributed by atoms with Crippen LogP contribution in [0.25, 0.3) is 11.3 Å². The Bertz CT molecular complexity index is 744. The summed E-state index contributed by atoms with van der Waals surface area (Å²) in [7, 11) is 0. The number of rotatable bonds is 8. The van der Waals surface area contributed by atoms with Crippen molar-refractivity contribution in [1.29, 1.82) is 0 Å². The SMILES string of the molecule is CCC(C)N(CC(=O)O)C(=O)CCc1ncc(-c2ccccc2F)o1. The fraction of sp³-hybridized carbons (Fsp3) is 0.389. The van der Waals surface area contributed by atoms with Crippen LogP contribution in [-0.4, -0.2) is 39.5 Å². The molecular formula is C18H21FN2O4. The van der Waals surface area contributed by atoms with Crippen LogP contribution in [0.2, 0.25) is 0 Å². The summed E-state index contributed by atoms with van der Waals surface area (Å²) >= 11 is 0. The Morgan fingerprint density at radius 3 is 2.72 bits per heavy atom. The minimum absolute atomic E-state index is 0.0782. The van der Waals surface area contributed by atoms with Crippen LogP contribution in [0.3, 0.4) is 0 Å². The zero-order chi connectivity index (χ0) is 18.4. The number of carbonyl (C=O) groups excluding carboxylic acids is 1. The molecule has 2 rings (SSSR count). The van der Waals surface area contributed by atoms with Crippen molar-refractivity contribution in [3.8, 4) is 11.3 Å². The number of carboxylic acid groups (broad SMARTS) is 1. The highest BCUT2D eigenvalue weighted by atomic mass is 19.1. The van der Waals surface area contributed by atoms with Crippen LogP contribution < -0.4 is 0 Å². The lowest BCUT2D eigenvalue weighted by molar-refractivity contribution is -0.146. The van der Waals surface area contributed by atoms with E-state index in [-0.39, 0.29) is 31.3 Å². The molecule has 25 heavy (non-hydrogen) atoms. The van der Waals surface area contributed by atoms with E-state index in [2.05, 4.69) is 4.98 Å². The number of hydrogen-bond acceptors (Lipinski definition) is 4. The molecule has 134 valence electrons. The number of nitrogens with zero attached hydrogens (tertiary/aromatic N) is 2. The van der Waals surface area contributed by atoms with E-state index < -0.39 is 11.8 Å². The van der Waals surface area contributed by atoms with E-state index in [9.17, 15) is 14.0 Å². The first-order valence-electron chi connectivity index (χ1n) is 8.13. The van der Waals surface area contributed by atoms with Gasteiger partial charge in [-0.3, -0.25) is 9.59 Å². The molecular weight excluding hydrogens is 327 g/mol. The van der Waals surface area contributed by atoms with Crippen molar-refractivity contribution in [3.05, 3.63) is 42.2 Å².